The Kier molecular flexibility index (Phi) is 6.95. The van der Waals surface area contributed by atoms with Crippen molar-refractivity contribution >= 4 is 27.4 Å². The van der Waals surface area contributed by atoms with Gasteiger partial charge in [-0.1, -0.05) is 6.92 Å². The average molecular weight is 422 g/mol. The Morgan fingerprint density at radius 1 is 1.03 bits per heavy atom. The zero-order chi connectivity index (χ0) is 21.0. The highest BCUT2D eigenvalue weighted by Crippen LogP contribution is 2.24. The third-order valence-corrected chi connectivity index (χ3v) is 7.86. The third kappa shape index (κ3) is 5.17. The summed E-state index contributed by atoms with van der Waals surface area (Å²) in [5.74, 6) is 0.0360. The Hall–Kier alpha value is -1.93. The molecule has 0 saturated carbocycles. The molecule has 2 aliphatic rings. The van der Waals surface area contributed by atoms with Gasteiger partial charge in [0.05, 0.1) is 11.7 Å². The van der Waals surface area contributed by atoms with Gasteiger partial charge in [-0.05, 0) is 50.5 Å². The van der Waals surface area contributed by atoms with Crippen LogP contribution < -0.4 is 4.90 Å². The summed E-state index contributed by atoms with van der Waals surface area (Å²) in [6, 6.07) is 7.57. The van der Waals surface area contributed by atoms with Gasteiger partial charge in [0.1, 0.15) is 0 Å². The van der Waals surface area contributed by atoms with Crippen LogP contribution in [-0.4, -0.2) is 74.3 Å². The molecule has 0 spiro atoms. The number of Topliss-reactive ketones (excluding diaryl/α,β-unsaturated/α-hetero) is 1. The number of sulfonamides is 1. The van der Waals surface area contributed by atoms with Crippen molar-refractivity contribution in [3.63, 3.8) is 0 Å². The first-order chi connectivity index (χ1) is 13.8. The quantitative estimate of drug-likeness (QED) is 0.657. The maximum absolute atomic E-state index is 13.0. The van der Waals surface area contributed by atoms with E-state index in [1.54, 1.807) is 6.92 Å². The summed E-state index contributed by atoms with van der Waals surface area (Å²) in [6.07, 6.45) is 2.08. The second kappa shape index (κ2) is 9.26. The lowest BCUT2D eigenvalue weighted by molar-refractivity contribution is -0.137. The van der Waals surface area contributed by atoms with Crippen molar-refractivity contribution in [1.82, 2.24) is 9.21 Å². The van der Waals surface area contributed by atoms with E-state index < -0.39 is 10.0 Å². The third-order valence-electron chi connectivity index (χ3n) is 5.82. The van der Waals surface area contributed by atoms with Gasteiger partial charge in [-0.25, -0.2) is 12.7 Å². The first-order valence-corrected chi connectivity index (χ1v) is 12.1. The van der Waals surface area contributed by atoms with Crippen molar-refractivity contribution in [3.8, 4) is 0 Å². The van der Waals surface area contributed by atoms with E-state index in [1.807, 2.05) is 36.1 Å². The summed E-state index contributed by atoms with van der Waals surface area (Å²) >= 11 is 0. The molecule has 1 amide bonds. The maximum Gasteiger partial charge on any atom is 0.227 e. The van der Waals surface area contributed by atoms with Crippen LogP contribution in [0.3, 0.4) is 0 Å². The van der Waals surface area contributed by atoms with E-state index in [9.17, 15) is 18.0 Å². The number of carbonyl (C=O) groups is 2. The van der Waals surface area contributed by atoms with E-state index >= 15 is 0 Å². The summed E-state index contributed by atoms with van der Waals surface area (Å²) < 4.78 is 26.2. The average Bonchev–Trinajstić information content (AvgIpc) is 2.73. The molecule has 2 heterocycles. The summed E-state index contributed by atoms with van der Waals surface area (Å²) in [5.41, 5.74) is 1.75. The number of amides is 1. The fraction of sp³-hybridized carbons (Fsp3) is 0.619. The SMILES string of the molecule is CCCS(=O)(=O)N1CCCC(C(=O)N2CCN(c3ccc(C(C)=O)cc3)CC2)C1. The van der Waals surface area contributed by atoms with Crippen molar-refractivity contribution in [2.75, 3.05) is 49.9 Å². The number of nitrogens with zero attached hydrogens (tertiary/aromatic N) is 3. The minimum absolute atomic E-state index is 0.0504. The molecule has 0 bridgehead atoms. The van der Waals surface area contributed by atoms with E-state index in [2.05, 4.69) is 4.90 Å². The highest BCUT2D eigenvalue weighted by atomic mass is 32.2. The normalized spacial score (nSPS) is 21.2. The number of ketones is 1. The first-order valence-electron chi connectivity index (χ1n) is 10.4. The molecule has 0 aromatic heterocycles. The van der Waals surface area contributed by atoms with Gasteiger partial charge in [0.2, 0.25) is 15.9 Å². The summed E-state index contributed by atoms with van der Waals surface area (Å²) in [4.78, 5) is 28.5. The molecule has 7 nitrogen and oxygen atoms in total. The molecule has 160 valence electrons. The number of anilines is 1. The smallest absolute Gasteiger partial charge is 0.227 e. The summed E-state index contributed by atoms with van der Waals surface area (Å²) in [7, 11) is -3.25. The highest BCUT2D eigenvalue weighted by Gasteiger charge is 2.34. The zero-order valence-electron chi connectivity index (χ0n) is 17.3. The van der Waals surface area contributed by atoms with Crippen LogP contribution in [0.4, 0.5) is 5.69 Å². The molecule has 1 atom stereocenters. The molecule has 1 aromatic rings. The molecule has 0 N–H and O–H groups in total. The monoisotopic (exact) mass is 421 g/mol. The second-order valence-corrected chi connectivity index (χ2v) is 10.0. The van der Waals surface area contributed by atoms with Crippen molar-refractivity contribution < 1.29 is 18.0 Å². The van der Waals surface area contributed by atoms with Crippen molar-refractivity contribution in [2.45, 2.75) is 33.1 Å². The predicted molar refractivity (Wildman–Crippen MR) is 114 cm³/mol. The van der Waals surface area contributed by atoms with Crippen LogP contribution in [0.2, 0.25) is 0 Å². The van der Waals surface area contributed by atoms with E-state index in [0.717, 1.165) is 31.6 Å². The Morgan fingerprint density at radius 3 is 2.28 bits per heavy atom. The van der Waals surface area contributed by atoms with E-state index in [4.69, 9.17) is 0 Å². The standard InChI is InChI=1S/C21H31N3O4S/c1-3-15-29(27,28)24-10-4-5-19(16-24)21(26)23-13-11-22(12-14-23)20-8-6-18(7-9-20)17(2)25/h6-9,19H,3-5,10-16H2,1-2H3. The van der Waals surface area contributed by atoms with Crippen LogP contribution in [-0.2, 0) is 14.8 Å². The molecular weight excluding hydrogens is 390 g/mol. The molecule has 29 heavy (non-hydrogen) atoms. The van der Waals surface area contributed by atoms with Gasteiger partial charge in [0, 0.05) is 50.5 Å². The van der Waals surface area contributed by atoms with Crippen molar-refractivity contribution in [1.29, 1.82) is 0 Å². The van der Waals surface area contributed by atoms with Crippen LogP contribution in [0.15, 0.2) is 24.3 Å². The number of piperidine rings is 1. The molecule has 0 aliphatic carbocycles. The number of hydrogen-bond acceptors (Lipinski definition) is 5. The van der Waals surface area contributed by atoms with Gasteiger partial charge >= 0.3 is 0 Å². The van der Waals surface area contributed by atoms with Crippen molar-refractivity contribution in [2.24, 2.45) is 5.92 Å². The molecule has 0 radical (unpaired) electrons. The largest absolute Gasteiger partial charge is 0.368 e. The second-order valence-electron chi connectivity index (χ2n) is 7.93. The lowest BCUT2D eigenvalue weighted by Gasteiger charge is -2.39. The predicted octanol–water partition coefficient (Wildman–Crippen LogP) is 1.99. The molecule has 3 rings (SSSR count). The number of rotatable bonds is 6. The minimum atomic E-state index is -3.25. The Labute approximate surface area is 173 Å². The highest BCUT2D eigenvalue weighted by molar-refractivity contribution is 7.89. The number of hydrogen-bond donors (Lipinski definition) is 0. The van der Waals surface area contributed by atoms with Crippen LogP contribution >= 0.6 is 0 Å². The summed E-state index contributed by atoms with van der Waals surface area (Å²) in [5, 5.41) is 0. The van der Waals surface area contributed by atoms with E-state index in [-0.39, 0.29) is 23.4 Å². The number of carbonyl (C=O) groups excluding carboxylic acids is 2. The van der Waals surface area contributed by atoms with Gasteiger partial charge in [-0.3, -0.25) is 9.59 Å². The molecule has 2 aliphatic heterocycles. The van der Waals surface area contributed by atoms with Crippen LogP contribution in [0.1, 0.15) is 43.5 Å². The summed E-state index contributed by atoms with van der Waals surface area (Å²) in [6.45, 7) is 6.98. The fourth-order valence-electron chi connectivity index (χ4n) is 4.13. The molecule has 2 saturated heterocycles. The molecular formula is C21H31N3O4S. The van der Waals surface area contributed by atoms with Gasteiger partial charge < -0.3 is 9.80 Å². The fourth-order valence-corrected chi connectivity index (χ4v) is 5.72. The Bertz CT molecular complexity index is 830. The van der Waals surface area contributed by atoms with Crippen LogP contribution in [0.5, 0.6) is 0 Å². The first kappa shape index (κ1) is 21.8. The lowest BCUT2D eigenvalue weighted by atomic mass is 9.97. The minimum Gasteiger partial charge on any atom is -0.368 e. The topological polar surface area (TPSA) is 78.0 Å². The lowest BCUT2D eigenvalue weighted by Crippen LogP contribution is -2.53. The van der Waals surface area contributed by atoms with Gasteiger partial charge in [-0.2, -0.15) is 0 Å². The Morgan fingerprint density at radius 2 is 1.69 bits per heavy atom. The number of benzene rings is 1. The van der Waals surface area contributed by atoms with Gasteiger partial charge in [-0.15, -0.1) is 0 Å². The molecule has 8 heteroatoms. The van der Waals surface area contributed by atoms with Gasteiger partial charge in [0.25, 0.3) is 0 Å². The number of piperazine rings is 1. The van der Waals surface area contributed by atoms with Crippen LogP contribution in [0, 0.1) is 5.92 Å². The maximum atomic E-state index is 13.0. The zero-order valence-corrected chi connectivity index (χ0v) is 18.2. The van der Waals surface area contributed by atoms with E-state index in [0.29, 0.717) is 38.2 Å². The molecule has 1 aromatic carbocycles. The molecule has 2 fully saturated rings. The van der Waals surface area contributed by atoms with Crippen LogP contribution in [0.25, 0.3) is 0 Å². The van der Waals surface area contributed by atoms with Gasteiger partial charge in [0.15, 0.2) is 5.78 Å². The van der Waals surface area contributed by atoms with E-state index in [1.165, 1.54) is 4.31 Å². The van der Waals surface area contributed by atoms with Crippen molar-refractivity contribution in [3.05, 3.63) is 29.8 Å². The Balaban J connectivity index is 1.56. The molecule has 1 unspecified atom stereocenters.